The van der Waals surface area contributed by atoms with Gasteiger partial charge in [0, 0.05) is 16.7 Å². The molecular weight excluding hydrogens is 540 g/mol. The predicted octanol–water partition coefficient (Wildman–Crippen LogP) is 8.34. The number of fused-ring (bicyclic) bond motifs is 3. The molecular formula is C39H26N4O. The lowest BCUT2D eigenvalue weighted by Crippen LogP contribution is -2.30. The third kappa shape index (κ3) is 4.02. The minimum Gasteiger partial charge on any atom is -0.507 e. The van der Waals surface area contributed by atoms with Crippen molar-refractivity contribution >= 4 is 0 Å². The summed E-state index contributed by atoms with van der Waals surface area (Å²) >= 11 is 0. The topological polar surface area (TPSA) is 71.8 Å². The fourth-order valence-corrected chi connectivity index (χ4v) is 6.51. The summed E-state index contributed by atoms with van der Waals surface area (Å²) in [6, 6.07) is 48.9. The summed E-state index contributed by atoms with van der Waals surface area (Å²) in [5.74, 6) is 1.43. The number of rotatable bonds is 5. The second-order valence-electron chi connectivity index (χ2n) is 10.8. The van der Waals surface area contributed by atoms with Gasteiger partial charge in [-0.15, -0.1) is 0 Å². The first kappa shape index (κ1) is 25.7. The Bertz CT molecular complexity index is 2110. The van der Waals surface area contributed by atoms with Crippen molar-refractivity contribution in [1.29, 1.82) is 0 Å². The molecule has 0 atom stereocenters. The minimum atomic E-state index is -0.723. The van der Waals surface area contributed by atoms with Gasteiger partial charge in [-0.25, -0.2) is 15.0 Å². The number of hydrogen-bond donors (Lipinski definition) is 1. The van der Waals surface area contributed by atoms with Gasteiger partial charge in [-0.2, -0.15) is 0 Å². The van der Waals surface area contributed by atoms with E-state index in [4.69, 9.17) is 9.97 Å². The molecule has 0 radical (unpaired) electrons. The van der Waals surface area contributed by atoms with Crippen LogP contribution < -0.4 is 0 Å². The molecule has 0 saturated carbocycles. The van der Waals surface area contributed by atoms with Gasteiger partial charge in [0.25, 0.3) is 0 Å². The molecule has 0 saturated heterocycles. The standard InChI is InChI=1S/C39H26N4O/c44-35-22-9-6-18-31(35)34-21-11-23-36(42-34)39(32-19-7-4-16-29(32)30-17-5-8-20-33(30)39)28-15-10-14-27(24-28)38-41-25-40-37(43-38)26-12-2-1-3-13-26/h1-25,44H. The fourth-order valence-electron chi connectivity index (χ4n) is 6.51. The van der Waals surface area contributed by atoms with Crippen LogP contribution in [0.4, 0.5) is 0 Å². The predicted molar refractivity (Wildman–Crippen MR) is 173 cm³/mol. The molecule has 0 aliphatic heterocycles. The molecule has 0 bridgehead atoms. The van der Waals surface area contributed by atoms with Crippen LogP contribution in [0.25, 0.3) is 45.2 Å². The Morgan fingerprint density at radius 1 is 0.477 bits per heavy atom. The van der Waals surface area contributed by atoms with Crippen LogP contribution in [-0.4, -0.2) is 25.0 Å². The zero-order chi connectivity index (χ0) is 29.5. The second kappa shape index (κ2) is 10.4. The zero-order valence-electron chi connectivity index (χ0n) is 23.7. The summed E-state index contributed by atoms with van der Waals surface area (Å²) in [7, 11) is 0. The number of phenols is 1. The van der Waals surface area contributed by atoms with E-state index in [1.54, 1.807) is 12.4 Å². The monoisotopic (exact) mass is 566 g/mol. The molecule has 8 rings (SSSR count). The number of pyridine rings is 1. The van der Waals surface area contributed by atoms with Crippen LogP contribution in [0, 0.1) is 0 Å². The third-order valence-corrected chi connectivity index (χ3v) is 8.42. The van der Waals surface area contributed by atoms with Crippen LogP contribution in [0.1, 0.15) is 22.4 Å². The third-order valence-electron chi connectivity index (χ3n) is 8.42. The highest BCUT2D eigenvalue weighted by Gasteiger charge is 2.47. The molecule has 0 spiro atoms. The van der Waals surface area contributed by atoms with E-state index in [1.807, 2.05) is 66.7 Å². The highest BCUT2D eigenvalue weighted by atomic mass is 16.3. The van der Waals surface area contributed by atoms with Gasteiger partial charge in [0.1, 0.15) is 12.1 Å². The molecule has 1 aliphatic rings. The van der Waals surface area contributed by atoms with Crippen LogP contribution in [0.5, 0.6) is 5.75 Å². The Balaban J connectivity index is 1.38. The maximum atomic E-state index is 10.7. The molecule has 5 aromatic carbocycles. The smallest absolute Gasteiger partial charge is 0.163 e. The quantitative estimate of drug-likeness (QED) is 0.227. The Morgan fingerprint density at radius 2 is 1.07 bits per heavy atom. The van der Waals surface area contributed by atoms with Crippen LogP contribution >= 0.6 is 0 Å². The lowest BCUT2D eigenvalue weighted by atomic mass is 9.69. The van der Waals surface area contributed by atoms with Crippen LogP contribution in [-0.2, 0) is 5.41 Å². The SMILES string of the molecule is Oc1ccccc1-c1cccc(C2(c3cccc(-c4ncnc(-c5ccccc5)n4)c3)c3ccccc3-c3ccccc32)n1. The van der Waals surface area contributed by atoms with Crippen LogP contribution in [0.15, 0.2) is 152 Å². The molecule has 2 heterocycles. The van der Waals surface area contributed by atoms with Gasteiger partial charge < -0.3 is 5.11 Å². The minimum absolute atomic E-state index is 0.199. The van der Waals surface area contributed by atoms with E-state index in [2.05, 4.69) is 82.8 Å². The molecule has 44 heavy (non-hydrogen) atoms. The highest BCUT2D eigenvalue weighted by molar-refractivity contribution is 5.86. The van der Waals surface area contributed by atoms with E-state index in [9.17, 15) is 5.11 Å². The van der Waals surface area contributed by atoms with E-state index >= 15 is 0 Å². The molecule has 208 valence electrons. The summed E-state index contributed by atoms with van der Waals surface area (Å²) < 4.78 is 0. The Kier molecular flexibility index (Phi) is 6.09. The number of nitrogens with zero attached hydrogens (tertiary/aromatic N) is 4. The van der Waals surface area contributed by atoms with Crippen molar-refractivity contribution in [3.05, 3.63) is 174 Å². The number of para-hydroxylation sites is 1. The van der Waals surface area contributed by atoms with Crippen molar-refractivity contribution in [3.63, 3.8) is 0 Å². The first-order chi connectivity index (χ1) is 21.7. The maximum Gasteiger partial charge on any atom is 0.163 e. The average Bonchev–Trinajstić information content (AvgIpc) is 3.40. The fraction of sp³-hybridized carbons (Fsp3) is 0.0256. The molecule has 2 aromatic heterocycles. The van der Waals surface area contributed by atoms with Crippen molar-refractivity contribution in [2.75, 3.05) is 0 Å². The number of aromatic nitrogens is 4. The largest absolute Gasteiger partial charge is 0.507 e. The molecule has 0 fully saturated rings. The van der Waals surface area contributed by atoms with E-state index in [-0.39, 0.29) is 5.75 Å². The first-order valence-corrected chi connectivity index (χ1v) is 14.5. The van der Waals surface area contributed by atoms with Crippen LogP contribution in [0.2, 0.25) is 0 Å². The number of phenolic OH excluding ortho intramolecular Hbond substituents is 1. The second-order valence-corrected chi connectivity index (χ2v) is 10.8. The Labute approximate surface area is 255 Å². The lowest BCUT2D eigenvalue weighted by molar-refractivity contribution is 0.477. The number of benzene rings is 5. The summed E-state index contributed by atoms with van der Waals surface area (Å²) in [5, 5.41) is 10.7. The van der Waals surface area contributed by atoms with Gasteiger partial charge in [0.2, 0.25) is 0 Å². The molecule has 0 amide bonds. The molecule has 5 heteroatoms. The van der Waals surface area contributed by atoms with E-state index < -0.39 is 5.41 Å². The van der Waals surface area contributed by atoms with Crippen molar-refractivity contribution in [2.24, 2.45) is 0 Å². The van der Waals surface area contributed by atoms with Crippen molar-refractivity contribution in [3.8, 4) is 50.9 Å². The highest BCUT2D eigenvalue weighted by Crippen LogP contribution is 2.56. The number of hydrogen-bond acceptors (Lipinski definition) is 5. The Hall–Kier alpha value is -5.94. The van der Waals surface area contributed by atoms with E-state index in [1.165, 1.54) is 11.1 Å². The van der Waals surface area contributed by atoms with Crippen molar-refractivity contribution in [2.45, 2.75) is 5.41 Å². The van der Waals surface area contributed by atoms with E-state index in [0.29, 0.717) is 22.9 Å². The first-order valence-electron chi connectivity index (χ1n) is 14.5. The van der Waals surface area contributed by atoms with Crippen LogP contribution in [0.3, 0.4) is 0 Å². The number of aromatic hydroxyl groups is 1. The molecule has 5 nitrogen and oxygen atoms in total. The van der Waals surface area contributed by atoms with Gasteiger partial charge in [-0.1, -0.05) is 115 Å². The van der Waals surface area contributed by atoms with Gasteiger partial charge >= 0.3 is 0 Å². The average molecular weight is 567 g/mol. The summed E-state index contributed by atoms with van der Waals surface area (Å²) in [5.41, 5.74) is 9.09. The molecule has 7 aromatic rings. The maximum absolute atomic E-state index is 10.7. The molecule has 1 N–H and O–H groups in total. The van der Waals surface area contributed by atoms with Gasteiger partial charge in [0.05, 0.1) is 16.8 Å². The van der Waals surface area contributed by atoms with Crippen molar-refractivity contribution in [1.82, 2.24) is 19.9 Å². The van der Waals surface area contributed by atoms with Gasteiger partial charge in [-0.05, 0) is 58.1 Å². The summed E-state index contributed by atoms with van der Waals surface area (Å²) in [6.45, 7) is 0. The Morgan fingerprint density at radius 3 is 1.80 bits per heavy atom. The van der Waals surface area contributed by atoms with Gasteiger partial charge in [0.15, 0.2) is 11.6 Å². The molecule has 1 aliphatic carbocycles. The normalized spacial score (nSPS) is 12.8. The van der Waals surface area contributed by atoms with Gasteiger partial charge in [-0.3, -0.25) is 4.98 Å². The molecule has 0 unspecified atom stereocenters. The lowest BCUT2D eigenvalue weighted by Gasteiger charge is -2.33. The van der Waals surface area contributed by atoms with E-state index in [0.717, 1.165) is 33.5 Å². The summed E-state index contributed by atoms with van der Waals surface area (Å²) in [4.78, 5) is 19.2. The zero-order valence-corrected chi connectivity index (χ0v) is 23.7. The van der Waals surface area contributed by atoms with Crippen molar-refractivity contribution < 1.29 is 5.11 Å². The summed E-state index contributed by atoms with van der Waals surface area (Å²) in [6.07, 6.45) is 1.57.